The Morgan fingerprint density at radius 2 is 0.472 bits per heavy atom. The quantitative estimate of drug-likeness (QED) is 0.0169. The second-order valence-corrected chi connectivity index (χ2v) is 31.0. The monoisotopic (exact) mass is 1530 g/mol. The predicted molar refractivity (Wildman–Crippen MR) is 436 cm³/mol. The minimum Gasteiger partial charge on any atom is -0.462 e. The van der Waals surface area contributed by atoms with Crippen molar-refractivity contribution in [1.29, 1.82) is 0 Å². The molecule has 0 heterocycles. The Morgan fingerprint density at radius 3 is 0.783 bits per heavy atom. The van der Waals surface area contributed by atoms with E-state index in [2.05, 4.69) is 113 Å². The molecule has 0 rings (SSSR count). The number of hydrogen-bond acceptors (Lipinski definition) is 15. The lowest BCUT2D eigenvalue weighted by molar-refractivity contribution is -0.161. The van der Waals surface area contributed by atoms with E-state index in [1.807, 2.05) is 24.3 Å². The van der Waals surface area contributed by atoms with Crippen molar-refractivity contribution < 1.29 is 80.2 Å². The Morgan fingerprint density at radius 1 is 0.264 bits per heavy atom. The van der Waals surface area contributed by atoms with Crippen LogP contribution >= 0.6 is 15.6 Å². The van der Waals surface area contributed by atoms with Gasteiger partial charge in [-0.3, -0.25) is 37.3 Å². The van der Waals surface area contributed by atoms with Gasteiger partial charge in [0.05, 0.1) is 26.4 Å². The molecule has 2 unspecified atom stereocenters. The highest BCUT2D eigenvalue weighted by atomic mass is 31.2. The number of rotatable bonds is 79. The third-order valence-electron chi connectivity index (χ3n) is 17.7. The molecule has 0 spiro atoms. The Bertz CT molecular complexity index is 2430. The summed E-state index contributed by atoms with van der Waals surface area (Å²) in [5, 5.41) is 10.7. The van der Waals surface area contributed by atoms with Gasteiger partial charge in [0.2, 0.25) is 0 Å². The molecule has 0 aliphatic rings. The highest BCUT2D eigenvalue weighted by Crippen LogP contribution is 2.45. The SMILES string of the molecule is CCCCC/C=C\C/C=C\C/C=C\C/C=C\CCCC(=O)OC[C@H](COP(=O)(O)OC[C@@H](O)COP(=O)(O)OC[C@@H](COC(=O)CCCCCCC/C=C\CCCCCCCC)OC(=O)CCC/C=C\C/C=C\C/C=C\C/C=C\CCCCC)OC(=O)CCCCCCCCCCCCCCCCCCC. The number of aliphatic hydroxyl groups excluding tert-OH is 1. The largest absolute Gasteiger partial charge is 0.472 e. The van der Waals surface area contributed by atoms with Gasteiger partial charge in [0.1, 0.15) is 19.3 Å². The number of phosphoric ester groups is 2. The maximum Gasteiger partial charge on any atom is 0.472 e. The van der Waals surface area contributed by atoms with Crippen molar-refractivity contribution in [3.63, 3.8) is 0 Å². The van der Waals surface area contributed by atoms with Crippen LogP contribution < -0.4 is 0 Å². The molecule has 0 amide bonds. The van der Waals surface area contributed by atoms with E-state index in [9.17, 15) is 43.2 Å². The molecular formula is C87H152O17P2. The smallest absolute Gasteiger partial charge is 0.462 e. The van der Waals surface area contributed by atoms with Crippen molar-refractivity contribution in [1.82, 2.24) is 0 Å². The molecule has 0 aromatic carbocycles. The normalized spacial score (nSPS) is 14.4. The van der Waals surface area contributed by atoms with Crippen LogP contribution in [0.2, 0.25) is 0 Å². The minimum atomic E-state index is -5.00. The van der Waals surface area contributed by atoms with E-state index in [1.165, 1.54) is 154 Å². The molecule has 0 bridgehead atoms. The summed E-state index contributed by atoms with van der Waals surface area (Å²) in [6, 6.07) is 0. The summed E-state index contributed by atoms with van der Waals surface area (Å²) < 4.78 is 68.6. The first kappa shape index (κ1) is 102. The fraction of sp³-hybridized carbons (Fsp3) is 0.747. The van der Waals surface area contributed by atoms with E-state index in [1.54, 1.807) is 0 Å². The molecule has 0 radical (unpaired) electrons. The molecule has 106 heavy (non-hydrogen) atoms. The van der Waals surface area contributed by atoms with E-state index in [0.29, 0.717) is 38.5 Å². The van der Waals surface area contributed by atoms with Crippen LogP contribution in [0.3, 0.4) is 0 Å². The van der Waals surface area contributed by atoms with Crippen LogP contribution in [0.4, 0.5) is 0 Å². The van der Waals surface area contributed by atoms with Crippen molar-refractivity contribution in [3.8, 4) is 0 Å². The van der Waals surface area contributed by atoms with Crippen LogP contribution in [0.15, 0.2) is 109 Å². The molecule has 612 valence electrons. The second-order valence-electron chi connectivity index (χ2n) is 28.1. The van der Waals surface area contributed by atoms with Gasteiger partial charge in [-0.15, -0.1) is 0 Å². The fourth-order valence-electron chi connectivity index (χ4n) is 11.3. The number of phosphoric acid groups is 2. The lowest BCUT2D eigenvalue weighted by Gasteiger charge is -2.21. The third kappa shape index (κ3) is 77.9. The van der Waals surface area contributed by atoms with Crippen molar-refractivity contribution in [3.05, 3.63) is 109 Å². The van der Waals surface area contributed by atoms with Gasteiger partial charge in [0.15, 0.2) is 12.2 Å². The summed E-state index contributed by atoms with van der Waals surface area (Å²) in [6.07, 6.45) is 86.4. The van der Waals surface area contributed by atoms with Crippen molar-refractivity contribution in [2.75, 3.05) is 39.6 Å². The Hall–Kier alpha value is -4.28. The van der Waals surface area contributed by atoms with Crippen LogP contribution in [0.25, 0.3) is 0 Å². The zero-order valence-electron chi connectivity index (χ0n) is 67.1. The number of ether oxygens (including phenoxy) is 4. The molecule has 0 saturated carbocycles. The molecule has 0 fully saturated rings. The number of hydrogen-bond donors (Lipinski definition) is 3. The molecule has 0 saturated heterocycles. The number of carbonyl (C=O) groups is 4. The zero-order chi connectivity index (χ0) is 77.4. The number of carbonyl (C=O) groups excluding carboxylic acids is 4. The summed E-state index contributed by atoms with van der Waals surface area (Å²) in [7, 11) is -9.99. The van der Waals surface area contributed by atoms with E-state index < -0.39 is 97.5 Å². The molecule has 5 atom stereocenters. The van der Waals surface area contributed by atoms with Crippen molar-refractivity contribution in [2.24, 2.45) is 0 Å². The average molecular weight is 1530 g/mol. The van der Waals surface area contributed by atoms with Crippen molar-refractivity contribution in [2.45, 2.75) is 380 Å². The second kappa shape index (κ2) is 78.8. The van der Waals surface area contributed by atoms with Gasteiger partial charge in [0, 0.05) is 25.7 Å². The zero-order valence-corrected chi connectivity index (χ0v) is 68.9. The number of esters is 4. The molecule has 17 nitrogen and oxygen atoms in total. The van der Waals surface area contributed by atoms with E-state index >= 15 is 0 Å². The first-order valence-corrected chi connectivity index (χ1v) is 45.1. The number of allylic oxidation sites excluding steroid dienone is 18. The lowest BCUT2D eigenvalue weighted by Crippen LogP contribution is -2.30. The Labute approximate surface area is 645 Å². The van der Waals surface area contributed by atoms with Crippen LogP contribution in [0.1, 0.15) is 362 Å². The Balaban J connectivity index is 5.45. The van der Waals surface area contributed by atoms with Gasteiger partial charge in [-0.25, -0.2) is 9.13 Å². The van der Waals surface area contributed by atoms with E-state index in [0.717, 1.165) is 116 Å². The first-order valence-electron chi connectivity index (χ1n) is 42.1. The third-order valence-corrected chi connectivity index (χ3v) is 19.6. The van der Waals surface area contributed by atoms with Gasteiger partial charge in [-0.1, -0.05) is 317 Å². The lowest BCUT2D eigenvalue weighted by atomic mass is 10.0. The topological polar surface area (TPSA) is 237 Å². The average Bonchev–Trinajstić information content (AvgIpc) is 0.905. The standard InChI is InChI=1S/C87H152O17P2/c1-5-9-13-17-21-25-29-33-37-40-44-48-52-56-60-64-68-72-85(90)98-78-83(104-87(92)74-70-66-62-58-54-50-46-42-39-35-31-27-23-19-15-11-7-3)80-102-106(95,96)100-76-81(88)75-99-105(93,94)101-79-82(77-97-84(89)71-67-63-59-55-51-47-43-36-32-28-24-20-16-12-8-4)103-86(91)73-69-65-61-57-53-49-45-41-38-34-30-26-22-18-14-10-6-2/h21-22,25-26,33-34,36-38,43-45,48-49,56-57,60-61,81-83,88H,5-20,23-24,27-32,35,39-42,46-47,50-55,58-59,62-80H2,1-4H3,(H,93,94)(H,95,96)/b25-21-,26-22-,37-33-,38-34-,43-36-,48-44-,49-45-,60-56-,61-57-/t81-,82+,83+/m0/s1. The molecule has 0 aromatic heterocycles. The summed E-state index contributed by atoms with van der Waals surface area (Å²) in [5.74, 6) is -2.30. The summed E-state index contributed by atoms with van der Waals surface area (Å²) >= 11 is 0. The molecular weight excluding hydrogens is 1380 g/mol. The maximum absolute atomic E-state index is 13.1. The van der Waals surface area contributed by atoms with Gasteiger partial charge < -0.3 is 33.8 Å². The Kier molecular flexibility index (Phi) is 75.6. The van der Waals surface area contributed by atoms with Gasteiger partial charge in [-0.2, -0.15) is 0 Å². The van der Waals surface area contributed by atoms with Gasteiger partial charge in [0.25, 0.3) is 0 Å². The van der Waals surface area contributed by atoms with Crippen LogP contribution in [0.5, 0.6) is 0 Å². The maximum atomic E-state index is 13.1. The van der Waals surface area contributed by atoms with E-state index in [4.69, 9.17) is 37.0 Å². The van der Waals surface area contributed by atoms with Crippen LogP contribution in [-0.4, -0.2) is 96.7 Å². The molecule has 3 N–H and O–H groups in total. The molecule has 0 aliphatic heterocycles. The number of unbranched alkanes of at least 4 members (excludes halogenated alkanes) is 35. The molecule has 0 aliphatic carbocycles. The molecule has 0 aromatic rings. The molecule has 19 heteroatoms. The first-order chi connectivity index (χ1) is 51.7. The fourth-order valence-corrected chi connectivity index (χ4v) is 12.8. The van der Waals surface area contributed by atoms with Gasteiger partial charge >= 0.3 is 39.5 Å². The summed E-state index contributed by atoms with van der Waals surface area (Å²) in [5.41, 5.74) is 0. The van der Waals surface area contributed by atoms with Crippen LogP contribution in [-0.2, 0) is 65.4 Å². The van der Waals surface area contributed by atoms with Gasteiger partial charge in [-0.05, 0) is 128 Å². The highest BCUT2D eigenvalue weighted by molar-refractivity contribution is 7.47. The predicted octanol–water partition coefficient (Wildman–Crippen LogP) is 24.9. The minimum absolute atomic E-state index is 0.0163. The van der Waals surface area contributed by atoms with Crippen LogP contribution in [0, 0.1) is 0 Å². The summed E-state index contributed by atoms with van der Waals surface area (Å²) in [6.45, 7) is 4.74. The van der Waals surface area contributed by atoms with E-state index in [-0.39, 0.29) is 25.7 Å². The highest BCUT2D eigenvalue weighted by Gasteiger charge is 2.30. The summed E-state index contributed by atoms with van der Waals surface area (Å²) in [4.78, 5) is 73.1. The van der Waals surface area contributed by atoms with Crippen molar-refractivity contribution >= 4 is 39.5 Å². The number of aliphatic hydroxyl groups is 1.